The second-order valence-corrected chi connectivity index (χ2v) is 8.78. The second-order valence-electron chi connectivity index (χ2n) is 6.95. The third kappa shape index (κ3) is 5.27. The zero-order chi connectivity index (χ0) is 23.5. The Morgan fingerprint density at radius 3 is 2.58 bits per heavy atom. The fraction of sp³-hybridized carbons (Fsp3) is 0.0417. The number of carbonyl (C=O) groups is 3. The van der Waals surface area contributed by atoms with Crippen molar-refractivity contribution in [2.45, 2.75) is 6.54 Å². The van der Waals surface area contributed by atoms with E-state index in [4.69, 9.17) is 27.9 Å². The molecule has 1 heterocycles. The van der Waals surface area contributed by atoms with Crippen LogP contribution in [0.25, 0.3) is 6.08 Å². The average molecular weight is 502 g/mol. The van der Waals surface area contributed by atoms with Crippen LogP contribution < -0.4 is 4.74 Å². The molecule has 5 nitrogen and oxygen atoms in total. The summed E-state index contributed by atoms with van der Waals surface area (Å²) < 4.78 is 19.3. The van der Waals surface area contributed by atoms with Crippen molar-refractivity contribution in [2.75, 3.05) is 0 Å². The molecule has 1 aliphatic heterocycles. The highest BCUT2D eigenvalue weighted by molar-refractivity contribution is 8.18. The van der Waals surface area contributed by atoms with E-state index in [9.17, 15) is 18.8 Å². The van der Waals surface area contributed by atoms with Crippen molar-refractivity contribution in [3.05, 3.63) is 104 Å². The minimum Gasteiger partial charge on any atom is -0.423 e. The zero-order valence-corrected chi connectivity index (χ0v) is 19.1. The Labute approximate surface area is 202 Å². The summed E-state index contributed by atoms with van der Waals surface area (Å²) in [6.07, 6.45) is 1.51. The van der Waals surface area contributed by atoms with Gasteiger partial charge < -0.3 is 4.74 Å². The summed E-state index contributed by atoms with van der Waals surface area (Å²) in [5.74, 6) is -1.45. The van der Waals surface area contributed by atoms with Crippen molar-refractivity contribution >= 4 is 58.2 Å². The molecule has 0 aliphatic carbocycles. The fourth-order valence-electron chi connectivity index (χ4n) is 3.07. The first-order chi connectivity index (χ1) is 15.8. The summed E-state index contributed by atoms with van der Waals surface area (Å²) in [4.78, 5) is 38.7. The number of imide groups is 1. The van der Waals surface area contributed by atoms with Crippen LogP contribution in [0.3, 0.4) is 0 Å². The Morgan fingerprint density at radius 1 is 1.03 bits per heavy atom. The summed E-state index contributed by atoms with van der Waals surface area (Å²) in [6, 6.07) is 16.8. The number of hydrogen-bond acceptors (Lipinski definition) is 5. The number of rotatable bonds is 5. The lowest BCUT2D eigenvalue weighted by molar-refractivity contribution is -0.123. The lowest BCUT2D eigenvalue weighted by Gasteiger charge is -2.12. The molecule has 0 atom stereocenters. The van der Waals surface area contributed by atoms with Crippen LogP contribution in [0.2, 0.25) is 10.0 Å². The Bertz CT molecular complexity index is 1310. The summed E-state index contributed by atoms with van der Waals surface area (Å²) in [5.41, 5.74) is 0.940. The molecule has 1 fully saturated rings. The van der Waals surface area contributed by atoms with Gasteiger partial charge in [-0.1, -0.05) is 53.5 Å². The Hall–Kier alpha value is -3.13. The maximum Gasteiger partial charge on any atom is 0.345 e. The predicted molar refractivity (Wildman–Crippen MR) is 126 cm³/mol. The molecule has 0 N–H and O–H groups in total. The molecular weight excluding hydrogens is 488 g/mol. The van der Waals surface area contributed by atoms with Gasteiger partial charge in [-0.25, -0.2) is 9.18 Å². The quantitative estimate of drug-likeness (QED) is 0.224. The van der Waals surface area contributed by atoms with E-state index in [0.717, 1.165) is 16.7 Å². The number of ether oxygens (including phenoxy) is 1. The molecule has 9 heteroatoms. The van der Waals surface area contributed by atoms with Crippen LogP contribution in [0.1, 0.15) is 21.5 Å². The lowest BCUT2D eigenvalue weighted by atomic mass is 10.2. The predicted octanol–water partition coefficient (Wildman–Crippen LogP) is 6.59. The van der Waals surface area contributed by atoms with Gasteiger partial charge in [0.25, 0.3) is 11.1 Å². The topological polar surface area (TPSA) is 63.7 Å². The molecule has 1 aliphatic rings. The van der Waals surface area contributed by atoms with E-state index in [0.29, 0.717) is 10.6 Å². The van der Waals surface area contributed by atoms with Crippen LogP contribution in [0.4, 0.5) is 9.18 Å². The maximum absolute atomic E-state index is 13.9. The molecule has 0 spiro atoms. The fourth-order valence-corrected chi connectivity index (χ4v) is 4.39. The monoisotopic (exact) mass is 501 g/mol. The normalized spacial score (nSPS) is 14.8. The number of nitrogens with zero attached hydrogens (tertiary/aromatic N) is 1. The number of carbonyl (C=O) groups excluding carboxylic acids is 3. The first-order valence-electron chi connectivity index (χ1n) is 9.58. The number of benzene rings is 3. The Morgan fingerprint density at radius 2 is 1.82 bits per heavy atom. The van der Waals surface area contributed by atoms with Gasteiger partial charge in [-0.2, -0.15) is 0 Å². The van der Waals surface area contributed by atoms with Crippen LogP contribution in [0.5, 0.6) is 5.75 Å². The SMILES string of the molecule is O=C(Oc1cccc(/C=C2\SC(=O)N(Cc3ccccc3F)C2=O)c1)c1ccc(Cl)cc1Cl. The van der Waals surface area contributed by atoms with Crippen molar-refractivity contribution in [1.29, 1.82) is 0 Å². The molecule has 166 valence electrons. The first-order valence-corrected chi connectivity index (χ1v) is 11.1. The maximum atomic E-state index is 13.9. The second kappa shape index (κ2) is 9.79. The summed E-state index contributed by atoms with van der Waals surface area (Å²) in [6.45, 7) is -0.159. The zero-order valence-electron chi connectivity index (χ0n) is 16.8. The van der Waals surface area contributed by atoms with Crippen LogP contribution in [-0.2, 0) is 11.3 Å². The van der Waals surface area contributed by atoms with E-state index in [2.05, 4.69) is 0 Å². The first kappa shape index (κ1) is 23.0. The molecule has 4 rings (SSSR count). The molecule has 33 heavy (non-hydrogen) atoms. The standard InChI is InChI=1S/C24H14Cl2FNO4S/c25-16-8-9-18(19(26)12-16)23(30)32-17-6-3-4-14(10-17)11-21-22(29)28(24(31)33-21)13-15-5-1-2-7-20(15)27/h1-12H,13H2/b21-11-. The van der Waals surface area contributed by atoms with Crippen molar-refractivity contribution < 1.29 is 23.5 Å². The number of amides is 2. The van der Waals surface area contributed by atoms with Crippen LogP contribution in [-0.4, -0.2) is 22.0 Å². The van der Waals surface area contributed by atoms with E-state index in [-0.39, 0.29) is 33.3 Å². The van der Waals surface area contributed by atoms with E-state index >= 15 is 0 Å². The highest BCUT2D eigenvalue weighted by Crippen LogP contribution is 2.34. The third-order valence-corrected chi connectivity index (χ3v) is 6.13. The van der Waals surface area contributed by atoms with E-state index in [1.54, 1.807) is 30.3 Å². The van der Waals surface area contributed by atoms with E-state index in [1.165, 1.54) is 42.5 Å². The van der Waals surface area contributed by atoms with E-state index in [1.807, 2.05) is 0 Å². The Kier molecular flexibility index (Phi) is 6.83. The average Bonchev–Trinajstić information content (AvgIpc) is 3.02. The highest BCUT2D eigenvalue weighted by atomic mass is 35.5. The molecule has 0 bridgehead atoms. The molecule has 0 aromatic heterocycles. The van der Waals surface area contributed by atoms with Crippen molar-refractivity contribution in [2.24, 2.45) is 0 Å². The molecule has 0 saturated carbocycles. The molecule has 0 radical (unpaired) electrons. The number of hydrogen-bond donors (Lipinski definition) is 0. The minimum absolute atomic E-state index is 0.153. The van der Waals surface area contributed by atoms with Gasteiger partial charge in [-0.15, -0.1) is 0 Å². The highest BCUT2D eigenvalue weighted by Gasteiger charge is 2.35. The van der Waals surface area contributed by atoms with Crippen LogP contribution in [0, 0.1) is 5.82 Å². The van der Waals surface area contributed by atoms with Gasteiger partial charge in [0.15, 0.2) is 0 Å². The van der Waals surface area contributed by atoms with E-state index < -0.39 is 22.9 Å². The van der Waals surface area contributed by atoms with Crippen LogP contribution in [0.15, 0.2) is 71.6 Å². The van der Waals surface area contributed by atoms with Crippen molar-refractivity contribution in [3.63, 3.8) is 0 Å². The third-order valence-electron chi connectivity index (χ3n) is 4.68. The smallest absolute Gasteiger partial charge is 0.345 e. The van der Waals surface area contributed by atoms with Gasteiger partial charge in [0.1, 0.15) is 11.6 Å². The van der Waals surface area contributed by atoms with Crippen molar-refractivity contribution in [1.82, 2.24) is 4.90 Å². The number of halogens is 3. The van der Waals surface area contributed by atoms with Crippen LogP contribution >= 0.6 is 35.0 Å². The lowest BCUT2D eigenvalue weighted by Crippen LogP contribution is -2.27. The summed E-state index contributed by atoms with van der Waals surface area (Å²) in [7, 11) is 0. The van der Waals surface area contributed by atoms with Gasteiger partial charge in [0, 0.05) is 10.6 Å². The minimum atomic E-state index is -0.668. The number of esters is 1. The Balaban J connectivity index is 1.51. The van der Waals surface area contributed by atoms with Crippen molar-refractivity contribution in [3.8, 4) is 5.75 Å². The van der Waals surface area contributed by atoms with Gasteiger partial charge in [0.2, 0.25) is 0 Å². The number of thioether (sulfide) groups is 1. The molecule has 3 aromatic carbocycles. The molecule has 0 unspecified atom stereocenters. The van der Waals surface area contributed by atoms with Gasteiger partial charge in [0.05, 0.1) is 22.0 Å². The molecular formula is C24H14Cl2FNO4S. The summed E-state index contributed by atoms with van der Waals surface area (Å²) >= 11 is 12.7. The van der Waals surface area contributed by atoms with Gasteiger partial charge >= 0.3 is 5.97 Å². The molecule has 2 amide bonds. The van der Waals surface area contributed by atoms with Gasteiger partial charge in [-0.3, -0.25) is 14.5 Å². The van der Waals surface area contributed by atoms with Gasteiger partial charge in [-0.05, 0) is 59.8 Å². The molecule has 3 aromatic rings. The largest absolute Gasteiger partial charge is 0.423 e. The summed E-state index contributed by atoms with van der Waals surface area (Å²) in [5, 5.41) is 0.0594. The molecule has 1 saturated heterocycles.